The van der Waals surface area contributed by atoms with Crippen molar-refractivity contribution in [1.82, 2.24) is 14.5 Å². The molecule has 3 aromatic carbocycles. The molecular formula is C24H21N3O2. The lowest BCUT2D eigenvalue weighted by Crippen LogP contribution is -2.27. The molecule has 4 aromatic rings. The van der Waals surface area contributed by atoms with Crippen LogP contribution in [0.3, 0.4) is 0 Å². The first-order chi connectivity index (χ1) is 14.1. The second-order valence-electron chi connectivity index (χ2n) is 7.50. The number of fused-ring (bicyclic) bond motifs is 2. The second-order valence-corrected chi connectivity index (χ2v) is 7.50. The molecule has 1 aromatic heterocycles. The molecule has 5 nitrogen and oxygen atoms in total. The molecule has 1 N–H and O–H groups in total. The van der Waals surface area contributed by atoms with Crippen molar-refractivity contribution in [2.45, 2.75) is 12.5 Å². The van der Waals surface area contributed by atoms with Gasteiger partial charge in [-0.25, -0.2) is 4.98 Å². The first kappa shape index (κ1) is 17.5. The number of hydrogen-bond acceptors (Lipinski definition) is 3. The third-order valence-corrected chi connectivity index (χ3v) is 5.78. The van der Waals surface area contributed by atoms with E-state index in [1.54, 1.807) is 6.07 Å². The van der Waals surface area contributed by atoms with Gasteiger partial charge in [0.1, 0.15) is 5.75 Å². The first-order valence-corrected chi connectivity index (χ1v) is 9.74. The lowest BCUT2D eigenvalue weighted by molar-refractivity contribution is -0.125. The van der Waals surface area contributed by atoms with Crippen LogP contribution >= 0.6 is 0 Å². The maximum atomic E-state index is 11.9. The van der Waals surface area contributed by atoms with E-state index in [0.717, 1.165) is 45.9 Å². The van der Waals surface area contributed by atoms with Crippen LogP contribution < -0.4 is 0 Å². The summed E-state index contributed by atoms with van der Waals surface area (Å²) >= 11 is 0. The van der Waals surface area contributed by atoms with Gasteiger partial charge < -0.3 is 14.6 Å². The predicted octanol–water partition coefficient (Wildman–Crippen LogP) is 4.52. The highest BCUT2D eigenvalue weighted by molar-refractivity contribution is 5.99. The summed E-state index contributed by atoms with van der Waals surface area (Å²) in [7, 11) is 0. The number of carbonyl (C=O) groups excluding carboxylic acids is 1. The molecule has 1 atom stereocenters. The molecule has 0 saturated carbocycles. The van der Waals surface area contributed by atoms with Crippen LogP contribution in [-0.4, -0.2) is 38.6 Å². The van der Waals surface area contributed by atoms with Crippen LogP contribution in [0.1, 0.15) is 12.5 Å². The summed E-state index contributed by atoms with van der Waals surface area (Å²) in [5.74, 6) is 0.227. The Morgan fingerprint density at radius 2 is 2.03 bits per heavy atom. The molecule has 5 rings (SSSR count). The maximum Gasteiger partial charge on any atom is 0.246 e. The van der Waals surface area contributed by atoms with Gasteiger partial charge in [0.2, 0.25) is 5.91 Å². The van der Waals surface area contributed by atoms with Crippen molar-refractivity contribution in [3.05, 3.63) is 73.6 Å². The van der Waals surface area contributed by atoms with Crippen LogP contribution in [-0.2, 0) is 4.79 Å². The Morgan fingerprint density at radius 1 is 1.17 bits per heavy atom. The van der Waals surface area contributed by atoms with E-state index in [1.807, 2.05) is 47.6 Å². The van der Waals surface area contributed by atoms with Crippen molar-refractivity contribution in [1.29, 1.82) is 0 Å². The standard InChI is InChI=1S/C24H21N3O2/c1-2-24(29)26-10-9-18(14-26)27-15-25-22-8-7-17(12-23(22)27)21-13-19(28)11-16-5-3-4-6-20(16)21/h2-8,11-13,15,18,28H,1,9-10,14H2. The van der Waals surface area contributed by atoms with Gasteiger partial charge >= 0.3 is 0 Å². The summed E-state index contributed by atoms with van der Waals surface area (Å²) in [6, 6.07) is 18.0. The van der Waals surface area contributed by atoms with Crippen molar-refractivity contribution >= 4 is 27.7 Å². The zero-order valence-electron chi connectivity index (χ0n) is 16.0. The normalized spacial score (nSPS) is 16.6. The highest BCUT2D eigenvalue weighted by Gasteiger charge is 2.27. The fraction of sp³-hybridized carbons (Fsp3) is 0.167. The van der Waals surface area contributed by atoms with Crippen LogP contribution in [0.4, 0.5) is 0 Å². The molecular weight excluding hydrogens is 362 g/mol. The smallest absolute Gasteiger partial charge is 0.246 e. The predicted molar refractivity (Wildman–Crippen MR) is 115 cm³/mol. The number of aromatic nitrogens is 2. The Labute approximate surface area is 168 Å². The van der Waals surface area contributed by atoms with E-state index in [-0.39, 0.29) is 17.7 Å². The van der Waals surface area contributed by atoms with Crippen LogP contribution in [0.15, 0.2) is 73.6 Å². The summed E-state index contributed by atoms with van der Waals surface area (Å²) in [6.07, 6.45) is 4.13. The third kappa shape index (κ3) is 2.95. The van der Waals surface area contributed by atoms with Crippen molar-refractivity contribution < 1.29 is 9.90 Å². The van der Waals surface area contributed by atoms with Crippen molar-refractivity contribution in [3.8, 4) is 16.9 Å². The highest BCUT2D eigenvalue weighted by atomic mass is 16.3. The number of rotatable bonds is 3. The minimum absolute atomic E-state index is 0.0242. The zero-order chi connectivity index (χ0) is 20.0. The van der Waals surface area contributed by atoms with Gasteiger partial charge in [0.15, 0.2) is 0 Å². The molecule has 2 heterocycles. The molecule has 0 spiro atoms. The maximum absolute atomic E-state index is 11.9. The summed E-state index contributed by atoms with van der Waals surface area (Å²) in [5, 5.41) is 12.3. The van der Waals surface area contributed by atoms with Crippen molar-refractivity contribution in [2.75, 3.05) is 13.1 Å². The number of carbonyl (C=O) groups is 1. The third-order valence-electron chi connectivity index (χ3n) is 5.78. The molecule has 0 aliphatic carbocycles. The van der Waals surface area contributed by atoms with Gasteiger partial charge in [-0.05, 0) is 58.7 Å². The lowest BCUT2D eigenvalue weighted by atomic mass is 9.97. The quantitative estimate of drug-likeness (QED) is 0.529. The van der Waals surface area contributed by atoms with Gasteiger partial charge in [0.25, 0.3) is 0 Å². The Morgan fingerprint density at radius 3 is 2.90 bits per heavy atom. The first-order valence-electron chi connectivity index (χ1n) is 9.74. The van der Waals surface area contributed by atoms with Crippen molar-refractivity contribution in [2.24, 2.45) is 0 Å². The van der Waals surface area contributed by atoms with Gasteiger partial charge in [-0.15, -0.1) is 0 Å². The van der Waals surface area contributed by atoms with Gasteiger partial charge in [-0.2, -0.15) is 0 Å². The number of hydrogen-bond donors (Lipinski definition) is 1. The highest BCUT2D eigenvalue weighted by Crippen LogP contribution is 2.35. The van der Waals surface area contributed by atoms with Crippen molar-refractivity contribution in [3.63, 3.8) is 0 Å². The van der Waals surface area contributed by atoms with E-state index < -0.39 is 0 Å². The second kappa shape index (κ2) is 6.78. The molecule has 29 heavy (non-hydrogen) atoms. The molecule has 1 fully saturated rings. The van der Waals surface area contributed by atoms with Gasteiger partial charge in [0.05, 0.1) is 23.4 Å². The molecule has 0 radical (unpaired) electrons. The SMILES string of the molecule is C=CC(=O)N1CCC(n2cnc3ccc(-c4cc(O)cc5ccccc45)cc32)C1. The Bertz CT molecular complexity index is 1260. The summed E-state index contributed by atoms with van der Waals surface area (Å²) in [6.45, 7) is 4.98. The van der Waals surface area contributed by atoms with E-state index in [0.29, 0.717) is 6.54 Å². The Hall–Kier alpha value is -3.60. The minimum Gasteiger partial charge on any atom is -0.508 e. The van der Waals surface area contributed by atoms with Crippen LogP contribution in [0.2, 0.25) is 0 Å². The fourth-order valence-corrected chi connectivity index (χ4v) is 4.32. The monoisotopic (exact) mass is 383 g/mol. The van der Waals surface area contributed by atoms with Gasteiger partial charge in [-0.1, -0.05) is 36.9 Å². The summed E-state index contributed by atoms with van der Waals surface area (Å²) < 4.78 is 2.17. The topological polar surface area (TPSA) is 58.4 Å². The number of imidazole rings is 1. The van der Waals surface area contributed by atoms with Crippen LogP contribution in [0.25, 0.3) is 32.9 Å². The molecule has 1 unspecified atom stereocenters. The number of nitrogens with zero attached hydrogens (tertiary/aromatic N) is 3. The summed E-state index contributed by atoms with van der Waals surface area (Å²) in [5.41, 5.74) is 3.98. The number of likely N-dealkylation sites (tertiary alicyclic amines) is 1. The molecule has 1 saturated heterocycles. The molecule has 0 bridgehead atoms. The number of phenols is 1. The number of phenolic OH excluding ortho intramolecular Hbond substituents is 1. The molecule has 1 aliphatic heterocycles. The van der Waals surface area contributed by atoms with E-state index in [2.05, 4.69) is 28.3 Å². The van der Waals surface area contributed by atoms with E-state index in [4.69, 9.17) is 0 Å². The number of benzene rings is 3. The Kier molecular flexibility index (Phi) is 4.09. The molecule has 5 heteroatoms. The molecule has 1 aliphatic rings. The van der Waals surface area contributed by atoms with Gasteiger partial charge in [0, 0.05) is 13.1 Å². The van der Waals surface area contributed by atoms with Gasteiger partial charge in [-0.3, -0.25) is 4.79 Å². The largest absolute Gasteiger partial charge is 0.508 e. The fourth-order valence-electron chi connectivity index (χ4n) is 4.32. The van der Waals surface area contributed by atoms with E-state index in [1.165, 1.54) is 6.08 Å². The Balaban J connectivity index is 1.60. The van der Waals surface area contributed by atoms with E-state index >= 15 is 0 Å². The number of amides is 1. The number of aromatic hydroxyl groups is 1. The van der Waals surface area contributed by atoms with E-state index in [9.17, 15) is 9.90 Å². The minimum atomic E-state index is -0.0242. The average molecular weight is 383 g/mol. The summed E-state index contributed by atoms with van der Waals surface area (Å²) in [4.78, 5) is 18.3. The zero-order valence-corrected chi connectivity index (χ0v) is 16.0. The average Bonchev–Trinajstić information content (AvgIpc) is 3.39. The van der Waals surface area contributed by atoms with Crippen LogP contribution in [0.5, 0.6) is 5.75 Å². The lowest BCUT2D eigenvalue weighted by Gasteiger charge is -2.16. The molecule has 144 valence electrons. The van der Waals surface area contributed by atoms with Crippen LogP contribution in [0, 0.1) is 0 Å². The molecule has 1 amide bonds.